The topological polar surface area (TPSA) is 45.2 Å². The molecule has 1 saturated heterocycles. The second-order valence-corrected chi connectivity index (χ2v) is 5.09. The summed E-state index contributed by atoms with van der Waals surface area (Å²) in [6.45, 7) is -0.0608. The quantitative estimate of drug-likeness (QED) is 0.919. The summed E-state index contributed by atoms with van der Waals surface area (Å²) < 4.78 is 25.9. The molecule has 19 heavy (non-hydrogen) atoms. The summed E-state index contributed by atoms with van der Waals surface area (Å²) in [6.07, 6.45) is 1.23. The van der Waals surface area contributed by atoms with Crippen molar-refractivity contribution in [1.29, 1.82) is 0 Å². The summed E-state index contributed by atoms with van der Waals surface area (Å²) in [4.78, 5) is 17.3. The van der Waals surface area contributed by atoms with Gasteiger partial charge in [-0.3, -0.25) is 10.1 Å². The van der Waals surface area contributed by atoms with Crippen molar-refractivity contribution in [1.82, 2.24) is 15.2 Å². The maximum Gasteiger partial charge on any atom is 0.262 e. The third-order valence-corrected chi connectivity index (χ3v) is 3.40. The average molecular weight is 334 g/mol. The molecular formula is C10H15Cl2F2N3OS. The first-order valence-electron chi connectivity index (χ1n) is 5.22. The molecule has 0 radical (unpaired) electrons. The third-order valence-electron chi connectivity index (χ3n) is 2.64. The molecule has 0 spiro atoms. The highest BCUT2D eigenvalue weighted by molar-refractivity contribution is 7.09. The van der Waals surface area contributed by atoms with Gasteiger partial charge < -0.3 is 4.90 Å². The van der Waals surface area contributed by atoms with Gasteiger partial charge in [-0.05, 0) is 0 Å². The lowest BCUT2D eigenvalue weighted by Gasteiger charge is -2.19. The number of alkyl halides is 2. The lowest BCUT2D eigenvalue weighted by molar-refractivity contribution is -0.132. The van der Waals surface area contributed by atoms with Gasteiger partial charge in [-0.25, -0.2) is 13.8 Å². The van der Waals surface area contributed by atoms with Gasteiger partial charge in [0.05, 0.1) is 19.1 Å². The Bertz CT molecular complexity index is 405. The molecule has 1 unspecified atom stereocenters. The highest BCUT2D eigenvalue weighted by Gasteiger charge is 2.43. The van der Waals surface area contributed by atoms with Crippen molar-refractivity contribution < 1.29 is 13.6 Å². The normalized spacial score (nSPS) is 20.3. The number of nitrogens with one attached hydrogen (secondary N) is 1. The lowest BCUT2D eigenvalue weighted by Crippen LogP contribution is -2.41. The number of carbonyl (C=O) groups is 1. The summed E-state index contributed by atoms with van der Waals surface area (Å²) in [7, 11) is 1.60. The number of thiazole rings is 1. The summed E-state index contributed by atoms with van der Waals surface area (Å²) in [5, 5.41) is 5.16. The molecule has 1 aromatic heterocycles. The van der Waals surface area contributed by atoms with Gasteiger partial charge >= 0.3 is 0 Å². The van der Waals surface area contributed by atoms with Gasteiger partial charge in [-0.15, -0.1) is 36.2 Å². The lowest BCUT2D eigenvalue weighted by atomic mass is 10.2. The van der Waals surface area contributed by atoms with Crippen LogP contribution in [0.3, 0.4) is 0 Å². The summed E-state index contributed by atoms with van der Waals surface area (Å²) in [6, 6.07) is -0.782. The zero-order valence-electron chi connectivity index (χ0n) is 10.1. The third kappa shape index (κ3) is 4.83. The van der Waals surface area contributed by atoms with E-state index in [2.05, 4.69) is 10.3 Å². The fourth-order valence-electron chi connectivity index (χ4n) is 1.77. The molecule has 110 valence electrons. The Morgan fingerprint density at radius 2 is 2.32 bits per heavy atom. The zero-order valence-corrected chi connectivity index (χ0v) is 12.6. The Kier molecular flexibility index (Phi) is 7.13. The van der Waals surface area contributed by atoms with Crippen molar-refractivity contribution in [2.75, 3.05) is 13.6 Å². The Hall–Kier alpha value is -0.500. The predicted molar refractivity (Wildman–Crippen MR) is 74.4 cm³/mol. The van der Waals surface area contributed by atoms with Gasteiger partial charge in [-0.1, -0.05) is 0 Å². The van der Waals surface area contributed by atoms with E-state index in [9.17, 15) is 13.6 Å². The Morgan fingerprint density at radius 1 is 1.63 bits per heavy atom. The smallest absolute Gasteiger partial charge is 0.262 e. The van der Waals surface area contributed by atoms with E-state index in [1.165, 1.54) is 16.2 Å². The minimum Gasteiger partial charge on any atom is -0.338 e. The minimum absolute atomic E-state index is 0. The van der Waals surface area contributed by atoms with Gasteiger partial charge in [0, 0.05) is 25.0 Å². The largest absolute Gasteiger partial charge is 0.338 e. The van der Waals surface area contributed by atoms with Crippen LogP contribution in [0.2, 0.25) is 0 Å². The maximum absolute atomic E-state index is 13.0. The van der Waals surface area contributed by atoms with Crippen molar-refractivity contribution in [3.05, 3.63) is 16.6 Å². The van der Waals surface area contributed by atoms with Crippen molar-refractivity contribution in [2.24, 2.45) is 0 Å². The van der Waals surface area contributed by atoms with E-state index in [1.807, 2.05) is 5.38 Å². The molecular weight excluding hydrogens is 319 g/mol. The molecule has 9 heteroatoms. The van der Waals surface area contributed by atoms with E-state index >= 15 is 0 Å². The van der Waals surface area contributed by atoms with E-state index in [0.717, 1.165) is 5.01 Å². The summed E-state index contributed by atoms with van der Waals surface area (Å²) in [5.74, 6) is -3.08. The van der Waals surface area contributed by atoms with E-state index in [1.54, 1.807) is 13.2 Å². The number of aromatic nitrogens is 1. The van der Waals surface area contributed by atoms with E-state index in [4.69, 9.17) is 0 Å². The fourth-order valence-corrected chi connectivity index (χ4v) is 2.44. The molecule has 1 aromatic rings. The van der Waals surface area contributed by atoms with Crippen LogP contribution in [-0.2, 0) is 11.3 Å². The van der Waals surface area contributed by atoms with Crippen LogP contribution in [0, 0.1) is 0 Å². The number of nitrogens with zero attached hydrogens (tertiary/aromatic N) is 2. The minimum atomic E-state index is -2.78. The van der Waals surface area contributed by atoms with Crippen LogP contribution in [0.1, 0.15) is 11.4 Å². The Labute approximate surface area is 126 Å². The molecule has 1 aliphatic rings. The molecule has 0 aliphatic carbocycles. The van der Waals surface area contributed by atoms with Crippen LogP contribution in [0.5, 0.6) is 0 Å². The number of hydrogen-bond donors (Lipinski definition) is 1. The molecule has 0 saturated carbocycles. The fraction of sp³-hybridized carbons (Fsp3) is 0.600. The van der Waals surface area contributed by atoms with Crippen molar-refractivity contribution >= 4 is 42.1 Å². The molecule has 1 fully saturated rings. The molecule has 1 amide bonds. The Morgan fingerprint density at radius 3 is 2.79 bits per heavy atom. The number of rotatable bonds is 3. The van der Waals surface area contributed by atoms with Gasteiger partial charge in [0.25, 0.3) is 5.92 Å². The average Bonchev–Trinajstić information content (AvgIpc) is 2.86. The molecule has 1 atom stereocenters. The van der Waals surface area contributed by atoms with E-state index < -0.39 is 24.9 Å². The Balaban J connectivity index is 0.00000162. The van der Waals surface area contributed by atoms with Gasteiger partial charge in [-0.2, -0.15) is 0 Å². The van der Waals surface area contributed by atoms with Crippen LogP contribution >= 0.6 is 36.2 Å². The first-order chi connectivity index (χ1) is 7.98. The molecule has 2 rings (SSSR count). The molecule has 0 bridgehead atoms. The van der Waals surface area contributed by atoms with Gasteiger partial charge in [0.15, 0.2) is 0 Å². The highest BCUT2D eigenvalue weighted by atomic mass is 35.5. The molecule has 1 N–H and O–H groups in total. The molecule has 4 nitrogen and oxygen atoms in total. The van der Waals surface area contributed by atoms with E-state index in [-0.39, 0.29) is 30.7 Å². The molecule has 0 aromatic carbocycles. The first-order valence-corrected chi connectivity index (χ1v) is 6.10. The zero-order chi connectivity index (χ0) is 12.5. The van der Waals surface area contributed by atoms with Crippen molar-refractivity contribution in [2.45, 2.75) is 24.9 Å². The number of amides is 1. The van der Waals surface area contributed by atoms with Crippen LogP contribution in [-0.4, -0.2) is 41.3 Å². The molecule has 1 aliphatic heterocycles. The highest BCUT2D eigenvalue weighted by Crippen LogP contribution is 2.26. The number of carbonyl (C=O) groups excluding carboxylic acids is 1. The standard InChI is InChI=1S/C10H13F2N3OS.2ClH/c1-15(5-8-13-2-3-17-8)9(16)7-4-10(11,12)6-14-7;;/h2-3,7,14H,4-6H2,1H3;2*1H. The predicted octanol–water partition coefficient (Wildman–Crippen LogP) is 1.94. The second kappa shape index (κ2) is 7.33. The maximum atomic E-state index is 13.0. The summed E-state index contributed by atoms with van der Waals surface area (Å²) in [5.41, 5.74) is 0. The van der Waals surface area contributed by atoms with Crippen LogP contribution in [0.4, 0.5) is 8.78 Å². The summed E-state index contributed by atoms with van der Waals surface area (Å²) >= 11 is 1.44. The first kappa shape index (κ1) is 18.5. The number of halogens is 4. The SMILES string of the molecule is CN(Cc1nccs1)C(=O)C1CC(F)(F)CN1.Cl.Cl. The van der Waals surface area contributed by atoms with Crippen molar-refractivity contribution in [3.8, 4) is 0 Å². The van der Waals surface area contributed by atoms with Crippen LogP contribution in [0.25, 0.3) is 0 Å². The van der Waals surface area contributed by atoms with Gasteiger partial charge in [0.1, 0.15) is 5.01 Å². The number of hydrogen-bond acceptors (Lipinski definition) is 4. The van der Waals surface area contributed by atoms with Crippen LogP contribution < -0.4 is 5.32 Å². The van der Waals surface area contributed by atoms with Crippen LogP contribution in [0.15, 0.2) is 11.6 Å². The monoisotopic (exact) mass is 333 g/mol. The van der Waals surface area contributed by atoms with Gasteiger partial charge in [0.2, 0.25) is 5.91 Å². The second-order valence-electron chi connectivity index (χ2n) is 4.11. The van der Waals surface area contributed by atoms with Crippen molar-refractivity contribution in [3.63, 3.8) is 0 Å². The number of likely N-dealkylation sites (N-methyl/N-ethyl adjacent to an activating group) is 1. The van der Waals surface area contributed by atoms with E-state index in [0.29, 0.717) is 6.54 Å². The molecule has 2 heterocycles.